The zero-order valence-corrected chi connectivity index (χ0v) is 44.4. The summed E-state index contributed by atoms with van der Waals surface area (Å²) in [6.45, 7) is 14.7. The van der Waals surface area contributed by atoms with Gasteiger partial charge in [0.2, 0.25) is 6.29 Å². The molecule has 9 aliphatic rings. The van der Waals surface area contributed by atoms with E-state index < -0.39 is 153 Å². The molecule has 4 heterocycles. The SMILES string of the molecule is COC(=O)[C@H]1O[C@@H](O[C@H]2CC[C@]3(C)[C@H]4CC=C5[C@@H]6CC(C)(C)CC[C@]6(C(=O)O[C@@H]6O[C@H](CO[C@@H]7OC[C@@H](O)[C@H](O)[C@H]7O)[C@@H](O)[C@H](O)[C@H]6O)CC[C@@]5(C)[C@]4(C)CC[C@H]3C2(C)C)[C@H](O)[C@@H](O[C@H]2OC[C@H](O)[C@H](O)[C@H]2O)[C@@H]1O. The number of aliphatic hydroxyl groups is 11. The maximum absolute atomic E-state index is 15.0. The Balaban J connectivity index is 0.926. The minimum atomic E-state index is -1.80. The Morgan fingerprint density at radius 2 is 1.25 bits per heavy atom. The first-order chi connectivity index (χ1) is 35.1. The minimum absolute atomic E-state index is 0.116. The van der Waals surface area contributed by atoms with Crippen molar-refractivity contribution in [1.29, 1.82) is 0 Å². The molecule has 0 spiro atoms. The van der Waals surface area contributed by atoms with Gasteiger partial charge in [0, 0.05) is 0 Å². The smallest absolute Gasteiger partial charge is 0.337 e. The molecule has 11 N–H and O–H groups in total. The van der Waals surface area contributed by atoms with Crippen molar-refractivity contribution >= 4 is 11.9 Å². The van der Waals surface area contributed by atoms with Gasteiger partial charge in [0.15, 0.2) is 25.0 Å². The molecule has 4 aliphatic heterocycles. The van der Waals surface area contributed by atoms with E-state index in [9.17, 15) is 61.0 Å². The molecule has 26 atom stereocenters. The summed E-state index contributed by atoms with van der Waals surface area (Å²) >= 11 is 0. The molecule has 0 aromatic carbocycles. The number of carbonyl (C=O) groups is 2. The van der Waals surface area contributed by atoms with Crippen molar-refractivity contribution in [3.63, 3.8) is 0 Å². The number of ether oxygens (including phenoxy) is 9. The third-order valence-corrected chi connectivity index (χ3v) is 20.8. The van der Waals surface area contributed by atoms with Gasteiger partial charge >= 0.3 is 11.9 Å². The van der Waals surface area contributed by atoms with Crippen molar-refractivity contribution in [2.45, 2.75) is 229 Å². The van der Waals surface area contributed by atoms with Gasteiger partial charge < -0.3 is 98.8 Å². The molecule has 8 fully saturated rings. The number of allylic oxidation sites excluding steroid dienone is 2. The lowest BCUT2D eigenvalue weighted by Gasteiger charge is -2.71. The van der Waals surface area contributed by atoms with E-state index in [0.29, 0.717) is 32.1 Å². The molecule has 0 bridgehead atoms. The van der Waals surface area contributed by atoms with Crippen molar-refractivity contribution in [2.24, 2.45) is 50.2 Å². The van der Waals surface area contributed by atoms with Gasteiger partial charge in [0.1, 0.15) is 79.4 Å². The van der Waals surface area contributed by atoms with Crippen LogP contribution in [0.25, 0.3) is 0 Å². The molecule has 22 heteroatoms. The van der Waals surface area contributed by atoms with E-state index in [4.69, 9.17) is 42.6 Å². The van der Waals surface area contributed by atoms with Crippen LogP contribution in [0, 0.1) is 50.2 Å². The highest BCUT2D eigenvalue weighted by atomic mass is 16.8. The predicted octanol–water partition coefficient (Wildman–Crippen LogP) is -0.576. The number of carbonyl (C=O) groups excluding carboxylic acids is 2. The number of hydrogen-bond acceptors (Lipinski definition) is 22. The average molecular weight is 1070 g/mol. The number of fused-ring (bicyclic) bond motifs is 7. The van der Waals surface area contributed by atoms with E-state index in [-0.39, 0.29) is 46.0 Å². The van der Waals surface area contributed by atoms with Gasteiger partial charge in [-0.3, -0.25) is 4.79 Å². The predicted molar refractivity (Wildman–Crippen MR) is 256 cm³/mol. The van der Waals surface area contributed by atoms with Crippen LogP contribution in [0.5, 0.6) is 0 Å². The van der Waals surface area contributed by atoms with Crippen LogP contribution in [0.15, 0.2) is 11.6 Å². The maximum atomic E-state index is 15.0. The van der Waals surface area contributed by atoms with Gasteiger partial charge in [-0.1, -0.05) is 60.1 Å². The first kappa shape index (κ1) is 57.6. The molecule has 428 valence electrons. The van der Waals surface area contributed by atoms with Gasteiger partial charge in [-0.05, 0) is 109 Å². The van der Waals surface area contributed by atoms with Crippen LogP contribution in [0.4, 0.5) is 0 Å². The molecule has 0 unspecified atom stereocenters. The van der Waals surface area contributed by atoms with E-state index in [1.165, 1.54) is 5.57 Å². The number of aliphatic hydroxyl groups excluding tert-OH is 11. The van der Waals surface area contributed by atoms with Gasteiger partial charge in [0.25, 0.3) is 0 Å². The Hall–Kier alpha value is -2.04. The second kappa shape index (κ2) is 20.8. The minimum Gasteiger partial charge on any atom is -0.467 e. The number of rotatable bonds is 10. The quantitative estimate of drug-likeness (QED) is 0.0741. The molecule has 75 heavy (non-hydrogen) atoms. The summed E-state index contributed by atoms with van der Waals surface area (Å²) in [5.41, 5.74) is -1.13. The van der Waals surface area contributed by atoms with Crippen molar-refractivity contribution in [3.8, 4) is 0 Å². The monoisotopic (exact) mass is 1070 g/mol. The first-order valence-electron chi connectivity index (χ1n) is 27.0. The Morgan fingerprint density at radius 3 is 1.92 bits per heavy atom. The first-order valence-corrected chi connectivity index (χ1v) is 27.0. The van der Waals surface area contributed by atoms with Crippen LogP contribution in [0.1, 0.15) is 113 Å². The highest BCUT2D eigenvalue weighted by Crippen LogP contribution is 2.76. The lowest BCUT2D eigenvalue weighted by molar-refractivity contribution is -0.357. The summed E-state index contributed by atoms with van der Waals surface area (Å²) in [4.78, 5) is 28.0. The summed E-state index contributed by atoms with van der Waals surface area (Å²) in [5, 5.41) is 118. The van der Waals surface area contributed by atoms with Crippen LogP contribution in [0.3, 0.4) is 0 Å². The second-order valence-electron chi connectivity index (χ2n) is 25.6. The lowest BCUT2D eigenvalue weighted by atomic mass is 9.33. The van der Waals surface area contributed by atoms with Crippen molar-refractivity contribution in [2.75, 3.05) is 26.9 Å². The molecule has 0 amide bonds. The average Bonchev–Trinajstić information content (AvgIpc) is 3.35. The van der Waals surface area contributed by atoms with Crippen LogP contribution in [-0.4, -0.2) is 212 Å². The standard InChI is InChI=1S/C53H84O22/c1-48(2)15-17-53(47(66)75-45-37(62)34(59)33(58)27(71-45)22-70-43-35(60)31(56)25(54)20-68-43)18-16-51(6)23(24(53)19-48)9-10-29-50(5)13-12-30(49(3,4)28(50)11-14-52(29,51)7)72-46-39(64)40(38(63)41(74-46)42(65)67-8)73-44-36(61)32(57)26(55)21-69-44/h9,24-41,43-46,54-64H,10-22H2,1-8H3/t24-,25+,26-,27+,28-,29+,30-,31-,32-,33+,34-,35+,36+,37+,38-,39+,40-,41-,43-,44+,45-,46+,50-,51+,52+,53-/m0/s1. The van der Waals surface area contributed by atoms with Gasteiger partial charge in [-0.15, -0.1) is 0 Å². The molecule has 22 nitrogen and oxygen atoms in total. The van der Waals surface area contributed by atoms with E-state index in [2.05, 4.69) is 54.5 Å². The number of esters is 2. The maximum Gasteiger partial charge on any atom is 0.337 e. The summed E-state index contributed by atoms with van der Waals surface area (Å²) in [6, 6.07) is 0. The zero-order chi connectivity index (χ0) is 54.7. The summed E-state index contributed by atoms with van der Waals surface area (Å²) in [5.74, 6) is -1.39. The third-order valence-electron chi connectivity index (χ3n) is 20.8. The van der Waals surface area contributed by atoms with Crippen LogP contribution >= 0.6 is 0 Å². The zero-order valence-electron chi connectivity index (χ0n) is 44.4. The van der Waals surface area contributed by atoms with Crippen molar-refractivity contribution in [3.05, 3.63) is 11.6 Å². The van der Waals surface area contributed by atoms with E-state index >= 15 is 4.79 Å². The van der Waals surface area contributed by atoms with Crippen LogP contribution in [-0.2, 0) is 52.2 Å². The fourth-order valence-corrected chi connectivity index (χ4v) is 16.0. The molecule has 4 saturated heterocycles. The fourth-order valence-electron chi connectivity index (χ4n) is 16.0. The molecule has 5 aliphatic carbocycles. The highest BCUT2D eigenvalue weighted by Gasteiger charge is 2.70. The van der Waals surface area contributed by atoms with E-state index in [0.717, 1.165) is 39.2 Å². The number of methoxy groups -OCH3 is 1. The van der Waals surface area contributed by atoms with E-state index in [1.807, 2.05) is 0 Å². The summed E-state index contributed by atoms with van der Waals surface area (Å²) in [7, 11) is 1.12. The second-order valence-corrected chi connectivity index (χ2v) is 25.6. The molecule has 0 aromatic heterocycles. The molecule has 0 radical (unpaired) electrons. The summed E-state index contributed by atoms with van der Waals surface area (Å²) < 4.78 is 51.9. The van der Waals surface area contributed by atoms with Gasteiger partial charge in [0.05, 0.1) is 38.4 Å². The Morgan fingerprint density at radius 1 is 0.627 bits per heavy atom. The van der Waals surface area contributed by atoms with Gasteiger partial charge in [-0.2, -0.15) is 0 Å². The van der Waals surface area contributed by atoms with Gasteiger partial charge in [-0.25, -0.2) is 4.79 Å². The largest absolute Gasteiger partial charge is 0.467 e. The Kier molecular flexibility index (Phi) is 16.0. The topological polar surface area (TPSA) is 340 Å². The molecule has 9 rings (SSSR count). The summed E-state index contributed by atoms with van der Waals surface area (Å²) in [6.07, 6.45) is -19.9. The molecule has 4 saturated carbocycles. The normalized spacial score (nSPS) is 52.4. The number of hydrogen-bond donors (Lipinski definition) is 11. The molecular weight excluding hydrogens is 989 g/mol. The Bertz CT molecular complexity index is 2110. The van der Waals surface area contributed by atoms with E-state index in [1.54, 1.807) is 0 Å². The molecular formula is C53H84O22. The lowest BCUT2D eigenvalue weighted by Crippen LogP contribution is -2.67. The highest BCUT2D eigenvalue weighted by molar-refractivity contribution is 5.79. The fraction of sp³-hybridized carbons (Fsp3) is 0.925. The van der Waals surface area contributed by atoms with Crippen molar-refractivity contribution < 1.29 is 108 Å². The Labute approximate surface area is 437 Å². The third kappa shape index (κ3) is 9.56. The van der Waals surface area contributed by atoms with Crippen LogP contribution < -0.4 is 0 Å². The van der Waals surface area contributed by atoms with Crippen LogP contribution in [0.2, 0.25) is 0 Å². The molecule has 0 aromatic rings. The van der Waals surface area contributed by atoms with Crippen molar-refractivity contribution in [1.82, 2.24) is 0 Å².